The zero-order chi connectivity index (χ0) is 16.5. The number of nitrogens with zero attached hydrogens (tertiary/aromatic N) is 4. The van der Waals surface area contributed by atoms with Gasteiger partial charge in [-0.25, -0.2) is 18.4 Å². The van der Waals surface area contributed by atoms with Gasteiger partial charge in [0.1, 0.15) is 6.04 Å². The van der Waals surface area contributed by atoms with Gasteiger partial charge in [-0.1, -0.05) is 0 Å². The van der Waals surface area contributed by atoms with Gasteiger partial charge in [0.25, 0.3) is 10.0 Å². The second kappa shape index (κ2) is 6.15. The number of carboxylic acids is 1. The van der Waals surface area contributed by atoms with E-state index in [-0.39, 0.29) is 11.6 Å². The van der Waals surface area contributed by atoms with E-state index in [9.17, 15) is 18.3 Å². The van der Waals surface area contributed by atoms with E-state index >= 15 is 0 Å². The molecule has 0 aliphatic heterocycles. The van der Waals surface area contributed by atoms with E-state index in [4.69, 9.17) is 0 Å². The predicted molar refractivity (Wildman–Crippen MR) is 79.9 cm³/mol. The Labute approximate surface area is 132 Å². The number of imidazole rings is 1. The first-order valence-corrected chi connectivity index (χ1v) is 8.67. The van der Waals surface area contributed by atoms with Crippen LogP contribution in [-0.4, -0.2) is 44.4 Å². The standard InChI is InChI=1S/C12H16N4O4S2/c1-8(12(17)18)16(4-10-6-21-9(2)14-10)22(19,20)11-5-15(3)7-13-11/h5-8H,4H2,1-3H3,(H,17,18)/t8-/m1/s1. The summed E-state index contributed by atoms with van der Waals surface area (Å²) in [5, 5.41) is 11.5. The molecule has 2 aromatic rings. The predicted octanol–water partition coefficient (Wildman–Crippen LogP) is 0.849. The van der Waals surface area contributed by atoms with Crippen molar-refractivity contribution in [2.24, 2.45) is 7.05 Å². The molecule has 0 spiro atoms. The molecule has 0 bridgehead atoms. The van der Waals surface area contributed by atoms with Crippen LogP contribution < -0.4 is 0 Å². The minimum atomic E-state index is -4.03. The third-order valence-electron chi connectivity index (χ3n) is 3.03. The highest BCUT2D eigenvalue weighted by Gasteiger charge is 2.35. The fourth-order valence-electron chi connectivity index (χ4n) is 1.84. The highest BCUT2D eigenvalue weighted by Crippen LogP contribution is 2.20. The number of aryl methyl sites for hydroxylation is 2. The van der Waals surface area contributed by atoms with Crippen LogP contribution in [0.4, 0.5) is 0 Å². The monoisotopic (exact) mass is 344 g/mol. The number of aromatic nitrogens is 3. The number of aliphatic carboxylic acids is 1. The summed E-state index contributed by atoms with van der Waals surface area (Å²) >= 11 is 1.38. The maximum Gasteiger partial charge on any atom is 0.321 e. The van der Waals surface area contributed by atoms with Crippen molar-refractivity contribution in [3.05, 3.63) is 28.6 Å². The number of hydrogen-bond donors (Lipinski definition) is 1. The van der Waals surface area contributed by atoms with Crippen molar-refractivity contribution in [1.29, 1.82) is 0 Å². The topological polar surface area (TPSA) is 105 Å². The van der Waals surface area contributed by atoms with Crippen molar-refractivity contribution in [3.63, 3.8) is 0 Å². The Hall–Kier alpha value is -1.78. The summed E-state index contributed by atoms with van der Waals surface area (Å²) in [6, 6.07) is -1.23. The van der Waals surface area contributed by atoms with Crippen molar-refractivity contribution < 1.29 is 18.3 Å². The minimum absolute atomic E-state index is 0.114. The number of hydrogen-bond acceptors (Lipinski definition) is 6. The summed E-state index contributed by atoms with van der Waals surface area (Å²) in [5.41, 5.74) is 0.509. The van der Waals surface area contributed by atoms with E-state index in [1.165, 1.54) is 35.4 Å². The van der Waals surface area contributed by atoms with Crippen LogP contribution in [0.1, 0.15) is 17.6 Å². The molecule has 0 unspecified atom stereocenters. The molecule has 0 saturated carbocycles. The first kappa shape index (κ1) is 16.6. The molecule has 0 aromatic carbocycles. The molecule has 2 aromatic heterocycles. The van der Waals surface area contributed by atoms with Gasteiger partial charge >= 0.3 is 5.97 Å². The molecule has 8 nitrogen and oxygen atoms in total. The number of rotatable bonds is 6. The average Bonchev–Trinajstić information content (AvgIpc) is 3.04. The van der Waals surface area contributed by atoms with Crippen LogP contribution in [0.5, 0.6) is 0 Å². The van der Waals surface area contributed by atoms with E-state index in [2.05, 4.69) is 9.97 Å². The molecule has 0 amide bonds. The third kappa shape index (κ3) is 3.34. The summed E-state index contributed by atoms with van der Waals surface area (Å²) in [7, 11) is -2.39. The van der Waals surface area contributed by atoms with E-state index in [0.717, 1.165) is 9.31 Å². The summed E-state index contributed by atoms with van der Waals surface area (Å²) < 4.78 is 27.7. The van der Waals surface area contributed by atoms with Crippen molar-refractivity contribution in [2.75, 3.05) is 0 Å². The second-order valence-electron chi connectivity index (χ2n) is 4.80. The molecule has 1 N–H and O–H groups in total. The Morgan fingerprint density at radius 1 is 1.55 bits per heavy atom. The Balaban J connectivity index is 2.41. The van der Waals surface area contributed by atoms with Crippen LogP contribution in [0.15, 0.2) is 22.9 Å². The smallest absolute Gasteiger partial charge is 0.321 e. The lowest BCUT2D eigenvalue weighted by Crippen LogP contribution is -2.42. The summed E-state index contributed by atoms with van der Waals surface area (Å²) in [6.07, 6.45) is 2.69. The van der Waals surface area contributed by atoms with Crippen LogP contribution in [-0.2, 0) is 28.4 Å². The van der Waals surface area contributed by atoms with Crippen molar-refractivity contribution in [2.45, 2.75) is 31.5 Å². The normalized spacial score (nSPS) is 13.5. The molecule has 120 valence electrons. The van der Waals surface area contributed by atoms with Gasteiger partial charge in [0.2, 0.25) is 0 Å². The van der Waals surface area contributed by atoms with Gasteiger partial charge in [-0.15, -0.1) is 11.3 Å². The summed E-state index contributed by atoms with van der Waals surface area (Å²) in [5.74, 6) is -1.23. The van der Waals surface area contributed by atoms with E-state index < -0.39 is 22.0 Å². The van der Waals surface area contributed by atoms with Crippen molar-refractivity contribution >= 4 is 27.3 Å². The first-order valence-electron chi connectivity index (χ1n) is 6.35. The number of carbonyl (C=O) groups is 1. The van der Waals surface area contributed by atoms with Gasteiger partial charge in [-0.05, 0) is 13.8 Å². The third-order valence-corrected chi connectivity index (χ3v) is 5.65. The van der Waals surface area contributed by atoms with E-state index in [1.54, 1.807) is 19.4 Å². The molecule has 2 heterocycles. The number of carboxylic acid groups (broad SMARTS) is 1. The molecule has 2 rings (SSSR count). The second-order valence-corrected chi connectivity index (χ2v) is 7.70. The molecule has 10 heteroatoms. The van der Waals surface area contributed by atoms with E-state index in [1.807, 2.05) is 0 Å². The molecule has 0 saturated heterocycles. The quantitative estimate of drug-likeness (QED) is 0.833. The van der Waals surface area contributed by atoms with Crippen LogP contribution in [0, 0.1) is 6.92 Å². The fourth-order valence-corrected chi connectivity index (χ4v) is 3.97. The van der Waals surface area contributed by atoms with Gasteiger partial charge in [-0.3, -0.25) is 4.79 Å². The Kier molecular flexibility index (Phi) is 4.63. The zero-order valence-corrected chi connectivity index (χ0v) is 13.9. The maximum atomic E-state index is 12.7. The molecule has 1 atom stereocenters. The molecule has 22 heavy (non-hydrogen) atoms. The van der Waals surface area contributed by atoms with Crippen LogP contribution in [0.2, 0.25) is 0 Å². The Morgan fingerprint density at radius 2 is 2.23 bits per heavy atom. The molecular weight excluding hydrogens is 328 g/mol. The van der Waals surface area contributed by atoms with Crippen LogP contribution in [0.25, 0.3) is 0 Å². The lowest BCUT2D eigenvalue weighted by atomic mass is 10.3. The van der Waals surface area contributed by atoms with Gasteiger partial charge in [-0.2, -0.15) is 4.31 Å². The van der Waals surface area contributed by atoms with E-state index in [0.29, 0.717) is 5.69 Å². The first-order chi connectivity index (χ1) is 10.2. The van der Waals surface area contributed by atoms with Gasteiger partial charge in [0.05, 0.1) is 23.6 Å². The van der Waals surface area contributed by atoms with Crippen molar-refractivity contribution in [3.8, 4) is 0 Å². The highest BCUT2D eigenvalue weighted by molar-refractivity contribution is 7.89. The fraction of sp³-hybridized carbons (Fsp3) is 0.417. The van der Waals surface area contributed by atoms with Gasteiger partial charge < -0.3 is 9.67 Å². The molecule has 0 radical (unpaired) electrons. The summed E-state index contributed by atoms with van der Waals surface area (Å²) in [4.78, 5) is 19.3. The lowest BCUT2D eigenvalue weighted by molar-refractivity contribution is -0.141. The molecule has 0 aliphatic rings. The lowest BCUT2D eigenvalue weighted by Gasteiger charge is -2.23. The zero-order valence-electron chi connectivity index (χ0n) is 12.3. The Bertz CT molecular complexity index is 781. The molecular formula is C12H16N4O4S2. The number of sulfonamides is 1. The maximum absolute atomic E-state index is 12.7. The molecule has 0 aliphatic carbocycles. The largest absolute Gasteiger partial charge is 0.480 e. The summed E-state index contributed by atoms with van der Waals surface area (Å²) in [6.45, 7) is 3.01. The Morgan fingerprint density at radius 3 is 2.68 bits per heavy atom. The minimum Gasteiger partial charge on any atom is -0.480 e. The van der Waals surface area contributed by atoms with Crippen molar-refractivity contribution in [1.82, 2.24) is 18.8 Å². The van der Waals surface area contributed by atoms with Gasteiger partial charge in [0, 0.05) is 18.6 Å². The number of thiazole rings is 1. The average molecular weight is 344 g/mol. The van der Waals surface area contributed by atoms with Crippen LogP contribution in [0.3, 0.4) is 0 Å². The van der Waals surface area contributed by atoms with Crippen LogP contribution >= 0.6 is 11.3 Å². The molecule has 0 fully saturated rings. The highest BCUT2D eigenvalue weighted by atomic mass is 32.2. The SMILES string of the molecule is Cc1nc(CN([C@H](C)C(=O)O)S(=O)(=O)c2cn(C)cn2)cs1. The van der Waals surface area contributed by atoms with Gasteiger partial charge in [0.15, 0.2) is 5.03 Å².